The summed E-state index contributed by atoms with van der Waals surface area (Å²) >= 11 is 5.91. The molecule has 1 saturated heterocycles. The first-order chi connectivity index (χ1) is 9.24. The molecule has 2 aromatic rings. The first kappa shape index (κ1) is 12.7. The number of nitrogens with one attached hydrogen (secondary N) is 1. The topological polar surface area (TPSA) is 21.3 Å². The SMILES string of the molecule is C[C@H]1N[C@H](c2ccc(Cl)cc2)O[C@@H]1c1ccccc1. The van der Waals surface area contributed by atoms with Gasteiger partial charge in [0.1, 0.15) is 12.3 Å². The molecule has 0 unspecified atom stereocenters. The van der Waals surface area contributed by atoms with Crippen molar-refractivity contribution in [2.75, 3.05) is 0 Å². The summed E-state index contributed by atoms with van der Waals surface area (Å²) in [5.74, 6) is 0. The third-order valence-corrected chi connectivity index (χ3v) is 3.70. The summed E-state index contributed by atoms with van der Waals surface area (Å²) in [5.41, 5.74) is 2.31. The molecule has 1 N–H and O–H groups in total. The Labute approximate surface area is 118 Å². The van der Waals surface area contributed by atoms with E-state index in [4.69, 9.17) is 16.3 Å². The van der Waals surface area contributed by atoms with Crippen LogP contribution in [0.15, 0.2) is 54.6 Å². The molecule has 98 valence electrons. The van der Waals surface area contributed by atoms with Crippen LogP contribution in [0.3, 0.4) is 0 Å². The first-order valence-corrected chi connectivity index (χ1v) is 6.84. The van der Waals surface area contributed by atoms with Crippen LogP contribution >= 0.6 is 11.6 Å². The number of hydrogen-bond acceptors (Lipinski definition) is 2. The third-order valence-electron chi connectivity index (χ3n) is 3.45. The van der Waals surface area contributed by atoms with E-state index in [1.54, 1.807) is 0 Å². The zero-order chi connectivity index (χ0) is 13.2. The van der Waals surface area contributed by atoms with Crippen LogP contribution in [0.5, 0.6) is 0 Å². The minimum Gasteiger partial charge on any atom is -0.350 e. The van der Waals surface area contributed by atoms with Crippen LogP contribution in [0.4, 0.5) is 0 Å². The number of benzene rings is 2. The van der Waals surface area contributed by atoms with E-state index in [-0.39, 0.29) is 18.4 Å². The standard InChI is InChI=1S/C16H16ClNO/c1-11-15(12-5-3-2-4-6-12)19-16(18-11)13-7-9-14(17)10-8-13/h2-11,15-16,18H,1H3/t11-,15+,16+/m1/s1. The Hall–Kier alpha value is -1.35. The summed E-state index contributed by atoms with van der Waals surface area (Å²) in [6, 6.07) is 18.4. The Bertz CT molecular complexity index is 540. The van der Waals surface area contributed by atoms with Gasteiger partial charge in [0.25, 0.3) is 0 Å². The normalized spacial score (nSPS) is 26.5. The van der Waals surface area contributed by atoms with Crippen molar-refractivity contribution in [1.29, 1.82) is 0 Å². The number of rotatable bonds is 2. The summed E-state index contributed by atoms with van der Waals surface area (Å²) in [7, 11) is 0. The van der Waals surface area contributed by atoms with Crippen molar-refractivity contribution in [2.24, 2.45) is 0 Å². The lowest BCUT2D eigenvalue weighted by molar-refractivity contribution is 0.0363. The quantitative estimate of drug-likeness (QED) is 0.890. The maximum Gasteiger partial charge on any atom is 0.135 e. The molecule has 0 aliphatic carbocycles. The zero-order valence-corrected chi connectivity index (χ0v) is 11.5. The second kappa shape index (κ2) is 5.33. The summed E-state index contributed by atoms with van der Waals surface area (Å²) in [5, 5.41) is 4.22. The van der Waals surface area contributed by atoms with Crippen molar-refractivity contribution in [3.05, 3.63) is 70.7 Å². The van der Waals surface area contributed by atoms with E-state index in [2.05, 4.69) is 24.4 Å². The summed E-state index contributed by atoms with van der Waals surface area (Å²) in [6.45, 7) is 2.15. The van der Waals surface area contributed by atoms with Crippen LogP contribution in [0, 0.1) is 0 Å². The number of hydrogen-bond donors (Lipinski definition) is 1. The van der Waals surface area contributed by atoms with Gasteiger partial charge in [0.2, 0.25) is 0 Å². The molecular weight excluding hydrogens is 258 g/mol. The molecular formula is C16H16ClNO. The number of halogens is 1. The molecule has 1 fully saturated rings. The molecule has 3 rings (SSSR count). The van der Waals surface area contributed by atoms with E-state index in [1.165, 1.54) is 5.56 Å². The Morgan fingerprint density at radius 3 is 2.32 bits per heavy atom. The van der Waals surface area contributed by atoms with Gasteiger partial charge in [0.15, 0.2) is 0 Å². The fourth-order valence-electron chi connectivity index (χ4n) is 2.45. The number of ether oxygens (including phenoxy) is 1. The molecule has 3 heteroatoms. The van der Waals surface area contributed by atoms with Gasteiger partial charge in [-0.05, 0) is 30.2 Å². The highest BCUT2D eigenvalue weighted by Crippen LogP contribution is 2.34. The predicted octanol–water partition coefficient (Wildman–Crippen LogP) is 4.09. The zero-order valence-electron chi connectivity index (χ0n) is 10.7. The van der Waals surface area contributed by atoms with Crippen molar-refractivity contribution in [3.63, 3.8) is 0 Å². The van der Waals surface area contributed by atoms with Crippen molar-refractivity contribution >= 4 is 11.6 Å². The lowest BCUT2D eigenvalue weighted by Gasteiger charge is -2.14. The van der Waals surface area contributed by atoms with Gasteiger partial charge in [-0.2, -0.15) is 0 Å². The predicted molar refractivity (Wildman–Crippen MR) is 77.1 cm³/mol. The van der Waals surface area contributed by atoms with Gasteiger partial charge in [0, 0.05) is 11.1 Å². The fraction of sp³-hybridized carbons (Fsp3) is 0.250. The van der Waals surface area contributed by atoms with Gasteiger partial charge in [-0.3, -0.25) is 5.32 Å². The minimum absolute atomic E-state index is 0.0718. The van der Waals surface area contributed by atoms with Crippen LogP contribution < -0.4 is 5.32 Å². The molecule has 0 aromatic heterocycles. The maximum absolute atomic E-state index is 6.13. The lowest BCUT2D eigenvalue weighted by Crippen LogP contribution is -2.23. The molecule has 1 aliphatic rings. The van der Waals surface area contributed by atoms with Crippen LogP contribution in [0.2, 0.25) is 5.02 Å². The van der Waals surface area contributed by atoms with Crippen molar-refractivity contribution in [1.82, 2.24) is 5.32 Å². The van der Waals surface area contributed by atoms with Crippen molar-refractivity contribution < 1.29 is 4.74 Å². The van der Waals surface area contributed by atoms with Crippen LogP contribution in [-0.2, 0) is 4.74 Å². The average molecular weight is 274 g/mol. The monoisotopic (exact) mass is 273 g/mol. The van der Waals surface area contributed by atoms with E-state index < -0.39 is 0 Å². The van der Waals surface area contributed by atoms with E-state index in [0.29, 0.717) is 0 Å². The maximum atomic E-state index is 6.13. The summed E-state index contributed by atoms with van der Waals surface area (Å²) in [6.07, 6.45) is 0.0133. The second-order valence-corrected chi connectivity index (χ2v) is 5.29. The van der Waals surface area contributed by atoms with E-state index in [0.717, 1.165) is 10.6 Å². The molecule has 0 bridgehead atoms. The Balaban J connectivity index is 1.80. The minimum atomic E-state index is -0.0718. The molecule has 2 aromatic carbocycles. The fourth-order valence-corrected chi connectivity index (χ4v) is 2.58. The molecule has 0 spiro atoms. The summed E-state index contributed by atoms with van der Waals surface area (Å²) < 4.78 is 6.13. The Kier molecular flexibility index (Phi) is 3.56. The Morgan fingerprint density at radius 1 is 0.947 bits per heavy atom. The van der Waals surface area contributed by atoms with Crippen LogP contribution in [0.1, 0.15) is 30.4 Å². The van der Waals surface area contributed by atoms with Crippen molar-refractivity contribution in [3.8, 4) is 0 Å². The lowest BCUT2D eigenvalue weighted by atomic mass is 10.0. The molecule has 0 amide bonds. The molecule has 0 saturated carbocycles. The molecule has 3 atom stereocenters. The highest BCUT2D eigenvalue weighted by Gasteiger charge is 2.33. The van der Waals surface area contributed by atoms with E-state index in [9.17, 15) is 0 Å². The smallest absolute Gasteiger partial charge is 0.135 e. The van der Waals surface area contributed by atoms with E-state index in [1.807, 2.05) is 42.5 Å². The molecule has 1 heterocycles. The van der Waals surface area contributed by atoms with E-state index >= 15 is 0 Å². The van der Waals surface area contributed by atoms with Gasteiger partial charge in [0.05, 0.1) is 0 Å². The van der Waals surface area contributed by atoms with Gasteiger partial charge < -0.3 is 4.74 Å². The first-order valence-electron chi connectivity index (χ1n) is 6.46. The van der Waals surface area contributed by atoms with Gasteiger partial charge >= 0.3 is 0 Å². The van der Waals surface area contributed by atoms with Gasteiger partial charge in [-0.1, -0.05) is 54.1 Å². The Morgan fingerprint density at radius 2 is 1.63 bits per heavy atom. The third kappa shape index (κ3) is 2.66. The molecule has 1 aliphatic heterocycles. The van der Waals surface area contributed by atoms with Gasteiger partial charge in [-0.15, -0.1) is 0 Å². The van der Waals surface area contributed by atoms with Gasteiger partial charge in [-0.25, -0.2) is 0 Å². The summed E-state index contributed by atoms with van der Waals surface area (Å²) in [4.78, 5) is 0. The molecule has 19 heavy (non-hydrogen) atoms. The average Bonchev–Trinajstić information content (AvgIpc) is 2.83. The molecule has 0 radical (unpaired) electrons. The van der Waals surface area contributed by atoms with Crippen LogP contribution in [0.25, 0.3) is 0 Å². The largest absolute Gasteiger partial charge is 0.350 e. The second-order valence-electron chi connectivity index (χ2n) is 4.85. The highest BCUT2D eigenvalue weighted by atomic mass is 35.5. The van der Waals surface area contributed by atoms with Crippen LogP contribution in [-0.4, -0.2) is 6.04 Å². The highest BCUT2D eigenvalue weighted by molar-refractivity contribution is 6.30. The van der Waals surface area contributed by atoms with Crippen molar-refractivity contribution in [2.45, 2.75) is 25.3 Å². The molecule has 2 nitrogen and oxygen atoms in total.